The molecule has 16 heteroatoms. The molecule has 2 atom stereocenters. The Bertz CT molecular complexity index is 1720. The summed E-state index contributed by atoms with van der Waals surface area (Å²) in [5.74, 6) is 1.67. The monoisotopic (exact) mass is 739 g/mol. The van der Waals surface area contributed by atoms with Gasteiger partial charge in [-0.05, 0) is 52.3 Å². The number of imidazole rings is 1. The average molecular weight is 742 g/mol. The second-order valence-electron chi connectivity index (χ2n) is 10.5. The van der Waals surface area contributed by atoms with Gasteiger partial charge in [0, 0.05) is 37.7 Å². The molecular formula is C29H35Cl4N4O6S2+. The highest BCUT2D eigenvalue weighted by atomic mass is 35.5. The Morgan fingerprint density at radius 3 is 2.18 bits per heavy atom. The van der Waals surface area contributed by atoms with E-state index in [2.05, 4.69) is 18.4 Å². The van der Waals surface area contributed by atoms with Crippen LogP contribution in [-0.2, 0) is 32.4 Å². The predicted octanol–water partition coefficient (Wildman–Crippen LogP) is 8.28. The number of halogens is 4. The number of hydrogen-bond donors (Lipinski definition) is 2. The van der Waals surface area contributed by atoms with Gasteiger partial charge in [-0.2, -0.15) is 8.42 Å². The van der Waals surface area contributed by atoms with Gasteiger partial charge in [0.25, 0.3) is 15.9 Å². The summed E-state index contributed by atoms with van der Waals surface area (Å²) in [6.07, 6.45) is 6.30. The van der Waals surface area contributed by atoms with Gasteiger partial charge >= 0.3 is 0 Å². The summed E-state index contributed by atoms with van der Waals surface area (Å²) in [5, 5.41) is 0.706. The van der Waals surface area contributed by atoms with Gasteiger partial charge in [-0.3, -0.25) is 4.55 Å². The minimum Gasteiger partial charge on any atom is -0.326 e. The van der Waals surface area contributed by atoms with Crippen molar-refractivity contribution < 1.29 is 31.3 Å². The molecule has 1 aromatic heterocycles. The highest BCUT2D eigenvalue weighted by molar-refractivity contribution is 7.88. The molecule has 0 radical (unpaired) electrons. The molecule has 45 heavy (non-hydrogen) atoms. The minimum atomic E-state index is -4.20. The van der Waals surface area contributed by atoms with E-state index in [1.807, 2.05) is 56.0 Å². The molecule has 246 valence electrons. The smallest absolute Gasteiger partial charge is 0.282 e. The topological polar surface area (TPSA) is 108 Å². The lowest BCUT2D eigenvalue weighted by Gasteiger charge is -2.25. The Morgan fingerprint density at radius 2 is 1.58 bits per heavy atom. The van der Waals surface area contributed by atoms with Crippen molar-refractivity contribution in [3.05, 3.63) is 68.2 Å². The maximum atomic E-state index is 11.8. The van der Waals surface area contributed by atoms with Crippen LogP contribution in [0.4, 0.5) is 11.4 Å². The summed E-state index contributed by atoms with van der Waals surface area (Å²) >= 11 is 25.8. The Morgan fingerprint density at radius 1 is 0.956 bits per heavy atom. The Kier molecular flexibility index (Phi) is 12.4. The summed E-state index contributed by atoms with van der Waals surface area (Å²) in [6, 6.07) is 7.25. The van der Waals surface area contributed by atoms with Crippen LogP contribution >= 0.6 is 58.7 Å². The van der Waals surface area contributed by atoms with E-state index in [1.165, 1.54) is 6.92 Å². The van der Waals surface area contributed by atoms with Crippen LogP contribution in [-0.4, -0.2) is 46.5 Å². The molecule has 2 aromatic carbocycles. The van der Waals surface area contributed by atoms with Crippen LogP contribution < -0.4 is 14.4 Å². The normalized spacial score (nSPS) is 16.0. The van der Waals surface area contributed by atoms with Crippen molar-refractivity contribution in [1.82, 2.24) is 4.57 Å². The van der Waals surface area contributed by atoms with Gasteiger partial charge in [0.05, 0.1) is 55.9 Å². The maximum Gasteiger partial charge on any atom is 0.282 e. The van der Waals surface area contributed by atoms with Crippen LogP contribution in [0.5, 0.6) is 0 Å². The fraction of sp³-hybridized carbons (Fsp3) is 0.414. The molecular weight excluding hydrogens is 706 g/mol. The van der Waals surface area contributed by atoms with Crippen molar-refractivity contribution in [1.29, 1.82) is 0 Å². The third-order valence-electron chi connectivity index (χ3n) is 7.69. The van der Waals surface area contributed by atoms with E-state index in [1.54, 1.807) is 12.1 Å². The fourth-order valence-corrected chi connectivity index (χ4v) is 6.52. The van der Waals surface area contributed by atoms with Crippen LogP contribution in [0, 0.1) is 0 Å². The van der Waals surface area contributed by atoms with E-state index in [9.17, 15) is 13.0 Å². The second-order valence-corrected chi connectivity index (χ2v) is 14.2. The van der Waals surface area contributed by atoms with Crippen molar-refractivity contribution in [3.8, 4) is 0 Å². The lowest BCUT2D eigenvalue weighted by atomic mass is 10.2. The highest BCUT2D eigenvalue weighted by Crippen LogP contribution is 2.45. The summed E-state index contributed by atoms with van der Waals surface area (Å²) in [5.41, 5.74) is 3.42. The molecule has 1 aliphatic rings. The molecule has 0 saturated carbocycles. The minimum absolute atomic E-state index is 0.149. The average Bonchev–Trinajstić information content (AvgIpc) is 3.43. The molecule has 0 aliphatic carbocycles. The number of anilines is 2. The molecule has 2 unspecified atom stereocenters. The van der Waals surface area contributed by atoms with Crippen LogP contribution in [0.3, 0.4) is 0 Å². The Labute approximate surface area is 287 Å². The number of benzene rings is 2. The number of aryl methyl sites for hydroxylation is 2. The van der Waals surface area contributed by atoms with Gasteiger partial charge in [0.1, 0.15) is 5.82 Å². The number of nitrogens with zero attached hydrogens (tertiary/aromatic N) is 4. The lowest BCUT2D eigenvalue weighted by Crippen LogP contribution is -2.38. The van der Waals surface area contributed by atoms with Gasteiger partial charge in [0.15, 0.2) is 23.4 Å². The SMILES string of the molecule is CCN1C(=CC=Cc2n(CC)c3cc(Cl)c(Cl)cc3[n+]2CCC(C)OOSO)N(CCC(C)S(=O)(=O)O)c2cc(Cl)c(Cl)cc21. The summed E-state index contributed by atoms with van der Waals surface area (Å²) < 4.78 is 50.9. The molecule has 1 aliphatic heterocycles. The molecule has 2 N–H and O–H groups in total. The molecule has 0 saturated heterocycles. The molecule has 3 aromatic rings. The Hall–Kier alpha value is -1.71. The number of rotatable bonds is 14. The van der Waals surface area contributed by atoms with E-state index >= 15 is 0 Å². The largest absolute Gasteiger partial charge is 0.326 e. The van der Waals surface area contributed by atoms with Gasteiger partial charge in [-0.1, -0.05) is 52.5 Å². The number of aromatic nitrogens is 2. The number of fused-ring (bicyclic) bond motifs is 2. The zero-order chi connectivity index (χ0) is 33.1. The van der Waals surface area contributed by atoms with Crippen molar-refractivity contribution in [2.45, 2.75) is 65.0 Å². The molecule has 2 heterocycles. The van der Waals surface area contributed by atoms with E-state index in [0.29, 0.717) is 52.7 Å². The first-order valence-electron chi connectivity index (χ1n) is 14.3. The third-order valence-corrected chi connectivity index (χ3v) is 10.5. The molecule has 0 bridgehead atoms. The highest BCUT2D eigenvalue weighted by Gasteiger charge is 2.32. The summed E-state index contributed by atoms with van der Waals surface area (Å²) in [4.78, 5) is 9.22. The van der Waals surface area contributed by atoms with Crippen LogP contribution in [0.25, 0.3) is 17.1 Å². The van der Waals surface area contributed by atoms with Crippen LogP contribution in [0.2, 0.25) is 20.1 Å². The summed E-state index contributed by atoms with van der Waals surface area (Å²) in [7, 11) is -4.20. The zero-order valence-electron chi connectivity index (χ0n) is 25.1. The van der Waals surface area contributed by atoms with Gasteiger partial charge in [-0.15, -0.1) is 4.33 Å². The number of hydrogen-bond acceptors (Lipinski definition) is 8. The van der Waals surface area contributed by atoms with Gasteiger partial charge in [0.2, 0.25) is 0 Å². The van der Waals surface area contributed by atoms with Crippen molar-refractivity contribution >= 4 is 97.3 Å². The first-order chi connectivity index (χ1) is 21.3. The maximum absolute atomic E-state index is 11.8. The van der Waals surface area contributed by atoms with E-state index in [-0.39, 0.29) is 24.8 Å². The lowest BCUT2D eigenvalue weighted by molar-refractivity contribution is -0.675. The van der Waals surface area contributed by atoms with Gasteiger partial charge in [-0.25, -0.2) is 14.0 Å². The molecule has 10 nitrogen and oxygen atoms in total. The first-order valence-corrected chi connectivity index (χ1v) is 18.0. The van der Waals surface area contributed by atoms with E-state index < -0.39 is 15.4 Å². The predicted molar refractivity (Wildman–Crippen MR) is 184 cm³/mol. The third kappa shape index (κ3) is 8.06. The van der Waals surface area contributed by atoms with Crippen molar-refractivity contribution in [2.24, 2.45) is 0 Å². The van der Waals surface area contributed by atoms with Gasteiger partial charge < -0.3 is 14.4 Å². The van der Waals surface area contributed by atoms with E-state index in [0.717, 1.165) is 34.1 Å². The van der Waals surface area contributed by atoms with Crippen LogP contribution in [0.15, 0.2) is 42.2 Å². The molecule has 4 rings (SSSR count). The molecule has 0 fully saturated rings. The second kappa shape index (κ2) is 15.5. The van der Waals surface area contributed by atoms with Crippen molar-refractivity contribution in [3.63, 3.8) is 0 Å². The van der Waals surface area contributed by atoms with Crippen molar-refractivity contribution in [2.75, 3.05) is 22.9 Å². The first kappa shape index (κ1) is 36.1. The quantitative estimate of drug-likeness (QED) is 0.0555. The fourth-order valence-electron chi connectivity index (χ4n) is 5.32. The summed E-state index contributed by atoms with van der Waals surface area (Å²) in [6.45, 7) is 9.47. The Balaban J connectivity index is 1.79. The number of allylic oxidation sites excluding steroid dienone is 2. The van der Waals surface area contributed by atoms with E-state index in [4.69, 9.17) is 55.8 Å². The standard InChI is InChI=1S/C29H34Cl4N4O6S2/c1-5-34-24-14-20(30)22(32)16-26(24)36(12-10-18(3)42-43-44-38)28(34)8-7-9-29-35(6-2)25-15-21(31)23(33)17-27(25)37(29)13-11-19(4)45(39,40)41/h7-9,14-19H,5-6,10-13H2,1-4H3,(H-,38,39,40,41)/p+1. The van der Waals surface area contributed by atoms with Crippen LogP contribution in [0.1, 0.15) is 46.4 Å². The molecule has 0 amide bonds. The molecule has 0 spiro atoms. The zero-order valence-corrected chi connectivity index (χ0v) is 29.7.